The summed E-state index contributed by atoms with van der Waals surface area (Å²) >= 11 is 0. The summed E-state index contributed by atoms with van der Waals surface area (Å²) in [4.78, 5) is 19.9. The van der Waals surface area contributed by atoms with Crippen LogP contribution in [0.5, 0.6) is 0 Å². The SMILES string of the molecule is CCC(C)c1cc([N+](=O)[O-])cc([N+](=O)[O-])c1[CH]C(F)(F)C(F)F. The molecule has 0 heterocycles. The van der Waals surface area contributed by atoms with E-state index in [2.05, 4.69) is 0 Å². The van der Waals surface area contributed by atoms with Crippen LogP contribution in [0.1, 0.15) is 37.3 Å². The van der Waals surface area contributed by atoms with E-state index in [9.17, 15) is 37.8 Å². The molecule has 10 heteroatoms. The van der Waals surface area contributed by atoms with Gasteiger partial charge in [0.25, 0.3) is 11.4 Å². The molecule has 0 spiro atoms. The molecule has 0 amide bonds. The van der Waals surface area contributed by atoms with Crippen LogP contribution < -0.4 is 0 Å². The Kier molecular flexibility index (Phi) is 5.62. The van der Waals surface area contributed by atoms with Gasteiger partial charge in [-0.05, 0) is 17.9 Å². The summed E-state index contributed by atoms with van der Waals surface area (Å²) in [6.07, 6.45) is -3.93. The normalized spacial score (nSPS) is 13.2. The smallest absolute Gasteiger partial charge is 0.258 e. The van der Waals surface area contributed by atoms with Gasteiger partial charge in [-0.2, -0.15) is 8.78 Å². The zero-order valence-electron chi connectivity index (χ0n) is 12.1. The second kappa shape index (κ2) is 6.88. The molecule has 0 saturated carbocycles. The minimum atomic E-state index is -4.59. The predicted molar refractivity (Wildman–Crippen MR) is 72.8 cm³/mol. The van der Waals surface area contributed by atoms with Crippen LogP contribution in [0.4, 0.5) is 28.9 Å². The van der Waals surface area contributed by atoms with Crippen molar-refractivity contribution in [3.05, 3.63) is 49.9 Å². The van der Waals surface area contributed by atoms with Crippen molar-refractivity contribution in [3.63, 3.8) is 0 Å². The van der Waals surface area contributed by atoms with Gasteiger partial charge in [0.15, 0.2) is 0 Å². The molecule has 0 aliphatic carbocycles. The van der Waals surface area contributed by atoms with E-state index < -0.39 is 45.1 Å². The number of nitro benzene ring substituents is 2. The lowest BCUT2D eigenvalue weighted by Gasteiger charge is -2.19. The van der Waals surface area contributed by atoms with Crippen LogP contribution in [0.2, 0.25) is 0 Å². The van der Waals surface area contributed by atoms with Crippen LogP contribution in [-0.4, -0.2) is 22.2 Å². The van der Waals surface area contributed by atoms with E-state index in [1.165, 1.54) is 6.92 Å². The van der Waals surface area contributed by atoms with Gasteiger partial charge in [-0.25, -0.2) is 8.78 Å². The lowest BCUT2D eigenvalue weighted by Crippen LogP contribution is -2.28. The molecule has 1 aromatic carbocycles. The van der Waals surface area contributed by atoms with Gasteiger partial charge in [-0.1, -0.05) is 13.8 Å². The van der Waals surface area contributed by atoms with Gasteiger partial charge >= 0.3 is 12.3 Å². The van der Waals surface area contributed by atoms with E-state index in [0.717, 1.165) is 6.07 Å². The van der Waals surface area contributed by atoms with Crippen molar-refractivity contribution in [1.82, 2.24) is 0 Å². The van der Waals surface area contributed by atoms with E-state index in [-0.39, 0.29) is 12.0 Å². The van der Waals surface area contributed by atoms with Gasteiger partial charge in [-0.15, -0.1) is 0 Å². The first-order valence-corrected chi connectivity index (χ1v) is 6.49. The van der Waals surface area contributed by atoms with Gasteiger partial charge in [0, 0.05) is 11.6 Å². The molecular formula is C13H13F4N2O4. The summed E-state index contributed by atoms with van der Waals surface area (Å²) in [5.74, 6) is -5.17. The highest BCUT2D eigenvalue weighted by Gasteiger charge is 2.44. The zero-order valence-corrected chi connectivity index (χ0v) is 12.1. The summed E-state index contributed by atoms with van der Waals surface area (Å²) in [7, 11) is 0. The highest BCUT2D eigenvalue weighted by Crippen LogP contribution is 2.40. The molecule has 1 rings (SSSR count). The number of rotatable bonds is 7. The largest absolute Gasteiger partial charge is 0.315 e. The van der Waals surface area contributed by atoms with E-state index in [1.54, 1.807) is 6.92 Å². The molecule has 0 saturated heterocycles. The van der Waals surface area contributed by atoms with Crippen LogP contribution in [0.15, 0.2) is 12.1 Å². The third kappa shape index (κ3) is 4.14. The Morgan fingerprint density at radius 1 is 1.22 bits per heavy atom. The molecule has 1 atom stereocenters. The predicted octanol–water partition coefficient (Wildman–Crippen LogP) is 4.47. The highest BCUT2D eigenvalue weighted by atomic mass is 19.3. The number of benzene rings is 1. The summed E-state index contributed by atoms with van der Waals surface area (Å²) in [6, 6.07) is 1.38. The minimum Gasteiger partial charge on any atom is -0.258 e. The standard InChI is InChI=1S/C13H13F4N2O4/c1-3-7(2)9-4-8(18(20)21)5-11(19(22)23)10(9)6-13(16,17)12(14)15/h4-7,12H,3H2,1-2H3. The van der Waals surface area contributed by atoms with Gasteiger partial charge in [0.05, 0.1) is 22.3 Å². The first kappa shape index (κ1) is 18.8. The van der Waals surface area contributed by atoms with Crippen molar-refractivity contribution in [2.24, 2.45) is 0 Å². The van der Waals surface area contributed by atoms with Crippen LogP contribution in [-0.2, 0) is 0 Å². The monoisotopic (exact) mass is 337 g/mol. The number of alkyl halides is 4. The number of hydrogen-bond donors (Lipinski definition) is 0. The third-order valence-electron chi connectivity index (χ3n) is 3.35. The fraction of sp³-hybridized carbons (Fsp3) is 0.462. The molecule has 6 nitrogen and oxygen atoms in total. The summed E-state index contributed by atoms with van der Waals surface area (Å²) in [5, 5.41) is 21.9. The average Bonchev–Trinajstić information content (AvgIpc) is 2.45. The quantitative estimate of drug-likeness (QED) is 0.417. The summed E-state index contributed by atoms with van der Waals surface area (Å²) in [6.45, 7) is 3.13. The second-order valence-electron chi connectivity index (χ2n) is 4.91. The fourth-order valence-corrected chi connectivity index (χ4v) is 1.94. The molecule has 0 aromatic heterocycles. The lowest BCUT2D eigenvalue weighted by molar-refractivity contribution is -0.394. The second-order valence-corrected chi connectivity index (χ2v) is 4.91. The topological polar surface area (TPSA) is 86.3 Å². The first-order chi connectivity index (χ1) is 10.5. The van der Waals surface area contributed by atoms with Crippen molar-refractivity contribution < 1.29 is 27.4 Å². The average molecular weight is 337 g/mol. The Labute approximate surface area is 128 Å². The molecule has 1 radical (unpaired) electrons. The molecule has 23 heavy (non-hydrogen) atoms. The Morgan fingerprint density at radius 2 is 1.78 bits per heavy atom. The number of halogens is 4. The van der Waals surface area contributed by atoms with E-state index in [0.29, 0.717) is 12.5 Å². The summed E-state index contributed by atoms with van der Waals surface area (Å²) in [5.41, 5.74) is -2.53. The molecular weight excluding hydrogens is 324 g/mol. The Morgan fingerprint density at radius 3 is 2.17 bits per heavy atom. The maximum atomic E-state index is 13.3. The van der Waals surface area contributed by atoms with Crippen molar-refractivity contribution in [2.75, 3.05) is 0 Å². The Balaban J connectivity index is 3.62. The van der Waals surface area contributed by atoms with Crippen molar-refractivity contribution in [2.45, 2.75) is 38.5 Å². The van der Waals surface area contributed by atoms with Crippen molar-refractivity contribution in [3.8, 4) is 0 Å². The van der Waals surface area contributed by atoms with Gasteiger partial charge in [-0.3, -0.25) is 20.2 Å². The summed E-state index contributed by atoms with van der Waals surface area (Å²) < 4.78 is 51.4. The Bertz CT molecular complexity index is 622. The molecule has 0 bridgehead atoms. The minimum absolute atomic E-state index is 0.145. The molecule has 0 aliphatic heterocycles. The molecule has 127 valence electrons. The van der Waals surface area contributed by atoms with Crippen molar-refractivity contribution in [1.29, 1.82) is 0 Å². The van der Waals surface area contributed by atoms with Gasteiger partial charge in [0.2, 0.25) is 0 Å². The number of hydrogen-bond acceptors (Lipinski definition) is 4. The van der Waals surface area contributed by atoms with Gasteiger partial charge < -0.3 is 0 Å². The molecule has 0 fully saturated rings. The zero-order chi connectivity index (χ0) is 17.9. The van der Waals surface area contributed by atoms with Crippen LogP contribution in [0.3, 0.4) is 0 Å². The maximum absolute atomic E-state index is 13.3. The number of non-ortho nitro benzene ring substituents is 1. The fourth-order valence-electron chi connectivity index (χ4n) is 1.94. The third-order valence-corrected chi connectivity index (χ3v) is 3.35. The lowest BCUT2D eigenvalue weighted by atomic mass is 9.89. The van der Waals surface area contributed by atoms with Crippen molar-refractivity contribution >= 4 is 11.4 Å². The first-order valence-electron chi connectivity index (χ1n) is 6.49. The van der Waals surface area contributed by atoms with Crippen LogP contribution in [0, 0.1) is 26.6 Å². The van der Waals surface area contributed by atoms with Crippen LogP contribution in [0.25, 0.3) is 0 Å². The maximum Gasteiger partial charge on any atom is 0.315 e. The van der Waals surface area contributed by atoms with Gasteiger partial charge in [0.1, 0.15) is 0 Å². The number of nitrogens with zero attached hydrogens (tertiary/aromatic N) is 2. The van der Waals surface area contributed by atoms with E-state index >= 15 is 0 Å². The molecule has 1 unspecified atom stereocenters. The Hall–Kier alpha value is -2.26. The number of nitro groups is 2. The van der Waals surface area contributed by atoms with E-state index in [4.69, 9.17) is 0 Å². The molecule has 0 aliphatic rings. The molecule has 0 N–H and O–H groups in total. The molecule has 1 aromatic rings. The van der Waals surface area contributed by atoms with E-state index in [1.807, 2.05) is 0 Å². The van der Waals surface area contributed by atoms with Crippen LogP contribution >= 0.6 is 0 Å². The highest BCUT2D eigenvalue weighted by molar-refractivity contribution is 5.58.